The lowest BCUT2D eigenvalue weighted by molar-refractivity contribution is -0.146. The van der Waals surface area contributed by atoms with Crippen molar-refractivity contribution in [2.75, 3.05) is 33.0 Å². The largest absolute Gasteiger partial charge is 0.465 e. The summed E-state index contributed by atoms with van der Waals surface area (Å²) in [5.74, 6) is -0.206. The van der Waals surface area contributed by atoms with Gasteiger partial charge in [0.25, 0.3) is 0 Å². The van der Waals surface area contributed by atoms with Crippen molar-refractivity contribution in [3.63, 3.8) is 0 Å². The van der Waals surface area contributed by atoms with E-state index in [4.69, 9.17) is 14.2 Å². The second-order valence-corrected chi connectivity index (χ2v) is 4.64. The molecule has 1 atom stereocenters. The van der Waals surface area contributed by atoms with Gasteiger partial charge in [0.2, 0.25) is 0 Å². The molecule has 0 aromatic carbocycles. The number of carbonyl (C=O) groups excluding carboxylic acids is 1. The van der Waals surface area contributed by atoms with Crippen molar-refractivity contribution in [2.45, 2.75) is 52.6 Å². The maximum Gasteiger partial charge on any atom is 0.323 e. The maximum atomic E-state index is 11.7. The summed E-state index contributed by atoms with van der Waals surface area (Å²) >= 11 is 0. The van der Waals surface area contributed by atoms with Gasteiger partial charge >= 0.3 is 5.97 Å². The first-order chi connectivity index (χ1) is 9.11. The first-order valence-corrected chi connectivity index (χ1v) is 7.19. The molecule has 0 saturated carbocycles. The second kappa shape index (κ2) is 12.4. The van der Waals surface area contributed by atoms with Crippen LogP contribution >= 0.6 is 0 Å². The number of carbonyl (C=O) groups is 1. The van der Waals surface area contributed by atoms with Gasteiger partial charge in [-0.25, -0.2) is 0 Å². The summed E-state index contributed by atoms with van der Waals surface area (Å²) < 4.78 is 15.8. The Morgan fingerprint density at radius 2 is 1.68 bits per heavy atom. The van der Waals surface area contributed by atoms with Crippen LogP contribution in [0.2, 0.25) is 0 Å². The van der Waals surface area contributed by atoms with Gasteiger partial charge in [0.1, 0.15) is 6.04 Å². The summed E-state index contributed by atoms with van der Waals surface area (Å²) in [7, 11) is 0. The molecule has 0 aromatic rings. The van der Waals surface area contributed by atoms with Crippen molar-refractivity contribution in [3.05, 3.63) is 0 Å². The normalized spacial score (nSPS) is 12.7. The Balaban J connectivity index is 3.76. The molecule has 0 radical (unpaired) electrons. The van der Waals surface area contributed by atoms with Crippen LogP contribution in [0.3, 0.4) is 0 Å². The first-order valence-electron chi connectivity index (χ1n) is 7.19. The van der Waals surface area contributed by atoms with E-state index < -0.39 is 0 Å². The zero-order valence-electron chi connectivity index (χ0n) is 12.7. The molecule has 19 heavy (non-hydrogen) atoms. The molecule has 114 valence electrons. The fourth-order valence-corrected chi connectivity index (χ4v) is 1.58. The number of hydrogen-bond donors (Lipinski definition) is 1. The van der Waals surface area contributed by atoms with E-state index in [9.17, 15) is 4.79 Å². The molecule has 0 aliphatic rings. The molecule has 0 aromatic heterocycles. The molecule has 5 nitrogen and oxygen atoms in total. The van der Waals surface area contributed by atoms with Crippen LogP contribution in [0.5, 0.6) is 0 Å². The van der Waals surface area contributed by atoms with Crippen LogP contribution in [0.1, 0.15) is 40.5 Å². The number of nitrogens with one attached hydrogen (secondary N) is 1. The highest BCUT2D eigenvalue weighted by Gasteiger charge is 2.19. The second-order valence-electron chi connectivity index (χ2n) is 4.64. The van der Waals surface area contributed by atoms with E-state index in [-0.39, 0.29) is 18.1 Å². The molecule has 0 amide bonds. The third-order valence-corrected chi connectivity index (χ3v) is 2.38. The van der Waals surface area contributed by atoms with E-state index in [0.717, 1.165) is 13.0 Å². The monoisotopic (exact) mass is 275 g/mol. The molecule has 1 N–H and O–H groups in total. The summed E-state index contributed by atoms with van der Waals surface area (Å²) in [6.07, 6.45) is 1.63. The SMILES string of the molecule is CCCOCCOCCC(NC(C)C)C(=O)OCC. The molecule has 0 spiro atoms. The van der Waals surface area contributed by atoms with Crippen LogP contribution in [-0.2, 0) is 19.0 Å². The summed E-state index contributed by atoms with van der Waals surface area (Å²) in [4.78, 5) is 11.7. The summed E-state index contributed by atoms with van der Waals surface area (Å²) in [5.41, 5.74) is 0. The van der Waals surface area contributed by atoms with Crippen molar-refractivity contribution < 1.29 is 19.0 Å². The topological polar surface area (TPSA) is 56.8 Å². The summed E-state index contributed by atoms with van der Waals surface area (Å²) in [5, 5.41) is 3.19. The minimum absolute atomic E-state index is 0.206. The van der Waals surface area contributed by atoms with Gasteiger partial charge in [0.05, 0.1) is 19.8 Å². The average molecular weight is 275 g/mol. The zero-order chi connectivity index (χ0) is 14.5. The molecule has 0 saturated heterocycles. The fourth-order valence-electron chi connectivity index (χ4n) is 1.58. The number of hydrogen-bond acceptors (Lipinski definition) is 5. The van der Waals surface area contributed by atoms with E-state index in [1.54, 1.807) is 0 Å². The lowest BCUT2D eigenvalue weighted by Crippen LogP contribution is -2.42. The van der Waals surface area contributed by atoms with Gasteiger partial charge < -0.3 is 19.5 Å². The highest BCUT2D eigenvalue weighted by Crippen LogP contribution is 1.99. The van der Waals surface area contributed by atoms with Gasteiger partial charge in [0, 0.05) is 19.3 Å². The average Bonchev–Trinajstić information content (AvgIpc) is 2.36. The predicted octanol–water partition coefficient (Wildman–Crippen LogP) is 1.75. The Morgan fingerprint density at radius 3 is 2.21 bits per heavy atom. The lowest BCUT2D eigenvalue weighted by Gasteiger charge is -2.19. The van der Waals surface area contributed by atoms with Crippen LogP contribution < -0.4 is 5.32 Å². The van der Waals surface area contributed by atoms with Gasteiger partial charge in [-0.3, -0.25) is 4.79 Å². The Bertz CT molecular complexity index is 221. The third-order valence-electron chi connectivity index (χ3n) is 2.38. The van der Waals surface area contributed by atoms with E-state index in [0.29, 0.717) is 32.8 Å². The smallest absolute Gasteiger partial charge is 0.323 e. The van der Waals surface area contributed by atoms with E-state index in [2.05, 4.69) is 12.2 Å². The maximum absolute atomic E-state index is 11.7. The highest BCUT2D eigenvalue weighted by atomic mass is 16.5. The molecule has 0 heterocycles. The molecule has 0 rings (SSSR count). The van der Waals surface area contributed by atoms with Crippen molar-refractivity contribution in [2.24, 2.45) is 0 Å². The van der Waals surface area contributed by atoms with Gasteiger partial charge in [-0.1, -0.05) is 20.8 Å². The van der Waals surface area contributed by atoms with E-state index in [1.807, 2.05) is 20.8 Å². The van der Waals surface area contributed by atoms with E-state index >= 15 is 0 Å². The van der Waals surface area contributed by atoms with Crippen LogP contribution in [0.4, 0.5) is 0 Å². The molecular formula is C14H29NO4. The molecule has 0 aliphatic heterocycles. The summed E-state index contributed by atoms with van der Waals surface area (Å²) in [6, 6.07) is -0.0567. The minimum atomic E-state index is -0.295. The Labute approximate surface area is 117 Å². The van der Waals surface area contributed by atoms with Crippen molar-refractivity contribution in [1.82, 2.24) is 5.32 Å². The summed E-state index contributed by atoms with van der Waals surface area (Å²) in [6.45, 7) is 10.8. The van der Waals surface area contributed by atoms with Gasteiger partial charge in [-0.15, -0.1) is 0 Å². The fraction of sp³-hybridized carbons (Fsp3) is 0.929. The zero-order valence-corrected chi connectivity index (χ0v) is 12.7. The van der Waals surface area contributed by atoms with Crippen molar-refractivity contribution in [3.8, 4) is 0 Å². The molecular weight excluding hydrogens is 246 g/mol. The third kappa shape index (κ3) is 10.9. The quantitative estimate of drug-likeness (QED) is 0.434. The number of esters is 1. The van der Waals surface area contributed by atoms with Gasteiger partial charge in [0.15, 0.2) is 0 Å². The van der Waals surface area contributed by atoms with Crippen LogP contribution in [0, 0.1) is 0 Å². The van der Waals surface area contributed by atoms with Crippen molar-refractivity contribution >= 4 is 5.97 Å². The molecule has 5 heteroatoms. The van der Waals surface area contributed by atoms with Gasteiger partial charge in [-0.2, -0.15) is 0 Å². The van der Waals surface area contributed by atoms with E-state index in [1.165, 1.54) is 0 Å². The molecule has 0 bridgehead atoms. The van der Waals surface area contributed by atoms with Gasteiger partial charge in [-0.05, 0) is 19.8 Å². The van der Waals surface area contributed by atoms with Crippen LogP contribution in [0.25, 0.3) is 0 Å². The minimum Gasteiger partial charge on any atom is -0.465 e. The standard InChI is InChI=1S/C14H29NO4/c1-5-8-17-10-11-18-9-7-13(15-12(3)4)14(16)19-6-2/h12-13,15H,5-11H2,1-4H3. The lowest BCUT2D eigenvalue weighted by atomic mass is 10.2. The molecule has 1 unspecified atom stereocenters. The Morgan fingerprint density at radius 1 is 1.05 bits per heavy atom. The number of rotatable bonds is 12. The molecule has 0 fully saturated rings. The van der Waals surface area contributed by atoms with Crippen LogP contribution in [0.15, 0.2) is 0 Å². The van der Waals surface area contributed by atoms with Crippen LogP contribution in [-0.4, -0.2) is 51.1 Å². The van der Waals surface area contributed by atoms with Crippen molar-refractivity contribution in [1.29, 1.82) is 0 Å². The Kier molecular flexibility index (Phi) is 12.0. The Hall–Kier alpha value is -0.650. The highest BCUT2D eigenvalue weighted by molar-refractivity contribution is 5.75. The number of ether oxygens (including phenoxy) is 3. The first kappa shape index (κ1) is 18.4. The molecule has 0 aliphatic carbocycles. The predicted molar refractivity (Wildman–Crippen MR) is 75.2 cm³/mol.